The SMILES string of the molecule is FSn1nc(Cl)c2c1-c1cc(Br)ccc1NC(c1c(F)cccc1F)=N2. The molecule has 26 heavy (non-hydrogen) atoms. The number of nitrogens with one attached hydrogen (secondary N) is 1. The van der Waals surface area contributed by atoms with Gasteiger partial charge in [-0.1, -0.05) is 33.6 Å². The standard InChI is InChI=1S/C16H7BrClF3N4S/c17-7-4-5-11-8(6-7)14-13(15(18)24-25(14)26-21)23-16(22-11)12-9(19)2-1-3-10(12)20/h1-6H,(H,22,23). The van der Waals surface area contributed by atoms with Crippen molar-refractivity contribution in [1.29, 1.82) is 0 Å². The molecule has 0 aliphatic carbocycles. The van der Waals surface area contributed by atoms with E-state index in [0.717, 1.165) is 20.7 Å². The van der Waals surface area contributed by atoms with E-state index >= 15 is 0 Å². The van der Waals surface area contributed by atoms with Crippen LogP contribution in [-0.4, -0.2) is 15.0 Å². The summed E-state index contributed by atoms with van der Waals surface area (Å²) in [7, 11) is 0. The molecule has 0 radical (unpaired) electrons. The van der Waals surface area contributed by atoms with Crippen LogP contribution in [0, 0.1) is 11.6 Å². The van der Waals surface area contributed by atoms with Gasteiger partial charge in [0.2, 0.25) is 0 Å². The number of aromatic nitrogens is 2. The van der Waals surface area contributed by atoms with Crippen molar-refractivity contribution in [1.82, 2.24) is 9.19 Å². The molecule has 10 heteroatoms. The topological polar surface area (TPSA) is 42.2 Å². The lowest BCUT2D eigenvalue weighted by Crippen LogP contribution is -2.17. The average Bonchev–Trinajstić information content (AvgIpc) is 2.81. The monoisotopic (exact) mass is 458 g/mol. The Labute approximate surface area is 163 Å². The fraction of sp³-hybridized carbons (Fsp3) is 0. The first-order chi connectivity index (χ1) is 12.5. The van der Waals surface area contributed by atoms with Crippen LogP contribution in [0.1, 0.15) is 5.56 Å². The molecule has 0 saturated carbocycles. The zero-order valence-electron chi connectivity index (χ0n) is 12.6. The van der Waals surface area contributed by atoms with Gasteiger partial charge in [-0.3, -0.25) is 0 Å². The molecule has 0 spiro atoms. The van der Waals surface area contributed by atoms with Crippen LogP contribution < -0.4 is 5.32 Å². The minimum absolute atomic E-state index is 0.0889. The molecule has 0 fully saturated rings. The first-order valence-corrected chi connectivity index (χ1v) is 9.01. The maximum atomic E-state index is 14.3. The summed E-state index contributed by atoms with van der Waals surface area (Å²) in [5, 5.41) is 6.71. The molecule has 4 nitrogen and oxygen atoms in total. The third-order valence-electron chi connectivity index (χ3n) is 3.77. The summed E-state index contributed by atoms with van der Waals surface area (Å²) in [5.74, 6) is -1.67. The number of hydrogen-bond acceptors (Lipinski definition) is 4. The summed E-state index contributed by atoms with van der Waals surface area (Å²) in [6, 6.07) is 8.63. The number of anilines is 1. The molecular weight excluding hydrogens is 453 g/mol. The predicted octanol–water partition coefficient (Wildman–Crippen LogP) is 6.13. The van der Waals surface area contributed by atoms with Gasteiger partial charge in [0.1, 0.15) is 28.9 Å². The van der Waals surface area contributed by atoms with Gasteiger partial charge < -0.3 is 5.32 Å². The summed E-state index contributed by atoms with van der Waals surface area (Å²) in [5.41, 5.74) is 1.04. The van der Waals surface area contributed by atoms with E-state index < -0.39 is 11.6 Å². The van der Waals surface area contributed by atoms with Crippen LogP contribution >= 0.6 is 39.9 Å². The van der Waals surface area contributed by atoms with E-state index in [1.54, 1.807) is 18.2 Å². The molecule has 1 aliphatic heterocycles. The zero-order valence-corrected chi connectivity index (χ0v) is 15.8. The Hall–Kier alpha value is -1.97. The van der Waals surface area contributed by atoms with Crippen molar-refractivity contribution in [2.24, 2.45) is 4.99 Å². The molecule has 0 bridgehead atoms. The molecule has 0 amide bonds. The van der Waals surface area contributed by atoms with Crippen molar-refractivity contribution in [3.8, 4) is 11.3 Å². The molecule has 1 aromatic heterocycles. The third-order valence-corrected chi connectivity index (χ3v) is 4.91. The first-order valence-electron chi connectivity index (χ1n) is 7.17. The number of fused-ring (bicyclic) bond motifs is 3. The van der Waals surface area contributed by atoms with E-state index in [1.165, 1.54) is 6.07 Å². The van der Waals surface area contributed by atoms with Crippen LogP contribution in [0.3, 0.4) is 0 Å². The van der Waals surface area contributed by atoms with E-state index in [4.69, 9.17) is 11.6 Å². The number of amidine groups is 1. The Morgan fingerprint density at radius 3 is 2.58 bits per heavy atom. The quantitative estimate of drug-likeness (QED) is 0.501. The zero-order chi connectivity index (χ0) is 18.4. The van der Waals surface area contributed by atoms with Crippen molar-refractivity contribution in [3.63, 3.8) is 0 Å². The van der Waals surface area contributed by atoms with E-state index in [1.807, 2.05) is 0 Å². The number of benzene rings is 2. The fourth-order valence-electron chi connectivity index (χ4n) is 2.68. The second-order valence-corrected chi connectivity index (χ2v) is 7.06. The van der Waals surface area contributed by atoms with Gasteiger partial charge in [-0.15, -0.1) is 8.98 Å². The van der Waals surface area contributed by atoms with Crippen LogP contribution in [0.4, 0.5) is 24.0 Å². The maximum absolute atomic E-state index is 14.3. The van der Waals surface area contributed by atoms with Gasteiger partial charge in [0.05, 0.1) is 5.56 Å². The summed E-state index contributed by atoms with van der Waals surface area (Å²) in [6.45, 7) is 0. The number of nitrogens with zero attached hydrogens (tertiary/aromatic N) is 3. The average molecular weight is 460 g/mol. The van der Waals surface area contributed by atoms with Gasteiger partial charge in [0.25, 0.3) is 0 Å². The maximum Gasteiger partial charge on any atom is 0.188 e. The molecule has 0 saturated heterocycles. The lowest BCUT2D eigenvalue weighted by Gasteiger charge is -2.12. The van der Waals surface area contributed by atoms with Gasteiger partial charge >= 0.3 is 0 Å². The lowest BCUT2D eigenvalue weighted by molar-refractivity contribution is 0.579. The molecule has 0 unspecified atom stereocenters. The first kappa shape index (κ1) is 17.4. The van der Waals surface area contributed by atoms with Crippen LogP contribution in [0.2, 0.25) is 5.15 Å². The van der Waals surface area contributed by atoms with Crippen molar-refractivity contribution in [2.75, 3.05) is 5.32 Å². The van der Waals surface area contributed by atoms with E-state index in [-0.39, 0.29) is 40.3 Å². The van der Waals surface area contributed by atoms with Gasteiger partial charge in [-0.2, -0.15) is 4.09 Å². The van der Waals surface area contributed by atoms with E-state index in [2.05, 4.69) is 31.3 Å². The smallest absolute Gasteiger partial charge is 0.188 e. The Bertz CT molecular complexity index is 1050. The second-order valence-electron chi connectivity index (χ2n) is 5.30. The predicted molar refractivity (Wildman–Crippen MR) is 101 cm³/mol. The second kappa shape index (κ2) is 6.64. The largest absolute Gasteiger partial charge is 0.339 e. The van der Waals surface area contributed by atoms with Crippen LogP contribution in [0.5, 0.6) is 0 Å². The molecule has 2 heterocycles. The normalized spacial score (nSPS) is 12.7. The van der Waals surface area contributed by atoms with Crippen molar-refractivity contribution in [3.05, 3.63) is 63.2 Å². The van der Waals surface area contributed by atoms with Gasteiger partial charge in [-0.05, 0) is 30.3 Å². The molecule has 2 aromatic carbocycles. The molecule has 4 rings (SSSR count). The van der Waals surface area contributed by atoms with E-state index in [0.29, 0.717) is 11.3 Å². The molecule has 1 N–H and O–H groups in total. The van der Waals surface area contributed by atoms with E-state index in [9.17, 15) is 12.7 Å². The minimum Gasteiger partial charge on any atom is -0.339 e. The summed E-state index contributed by atoms with van der Waals surface area (Å²) < 4.78 is 43.6. The fourth-order valence-corrected chi connectivity index (χ4v) is 3.66. The number of hydrogen-bond donors (Lipinski definition) is 1. The highest BCUT2D eigenvalue weighted by molar-refractivity contribution is 9.10. The summed E-state index contributed by atoms with van der Waals surface area (Å²) in [4.78, 5) is 4.26. The van der Waals surface area contributed by atoms with Gasteiger partial charge in [0, 0.05) is 15.7 Å². The highest BCUT2D eigenvalue weighted by atomic mass is 79.9. The number of halogens is 5. The highest BCUT2D eigenvalue weighted by Gasteiger charge is 2.27. The van der Waals surface area contributed by atoms with Crippen LogP contribution in [0.15, 0.2) is 45.9 Å². The van der Waals surface area contributed by atoms with Crippen molar-refractivity contribution < 1.29 is 12.7 Å². The molecule has 0 atom stereocenters. The lowest BCUT2D eigenvalue weighted by atomic mass is 10.1. The highest BCUT2D eigenvalue weighted by Crippen LogP contribution is 2.45. The Balaban J connectivity index is 2.05. The van der Waals surface area contributed by atoms with Gasteiger partial charge in [0.15, 0.2) is 17.5 Å². The van der Waals surface area contributed by atoms with Crippen molar-refractivity contribution >= 4 is 57.1 Å². The minimum atomic E-state index is -0.790. The van der Waals surface area contributed by atoms with Crippen molar-refractivity contribution in [2.45, 2.75) is 0 Å². The molecule has 1 aliphatic rings. The molecular formula is C16H7BrClF3N4S. The molecule has 3 aromatic rings. The Kier molecular flexibility index (Phi) is 4.45. The Morgan fingerprint density at radius 1 is 1.15 bits per heavy atom. The number of aliphatic imine (C=N–C) groups is 1. The third kappa shape index (κ3) is 2.80. The summed E-state index contributed by atoms with van der Waals surface area (Å²) in [6.07, 6.45) is 0. The van der Waals surface area contributed by atoms with Gasteiger partial charge in [-0.25, -0.2) is 13.8 Å². The van der Waals surface area contributed by atoms with Crippen LogP contribution in [-0.2, 0) is 0 Å². The molecule has 132 valence electrons. The number of rotatable bonds is 2. The Morgan fingerprint density at radius 2 is 1.88 bits per heavy atom. The van der Waals surface area contributed by atoms with Crippen LogP contribution in [0.25, 0.3) is 11.3 Å². The summed E-state index contributed by atoms with van der Waals surface area (Å²) >= 11 is 9.31.